The Morgan fingerprint density at radius 1 is 1.21 bits per heavy atom. The molecule has 1 rings (SSSR count). The second-order valence-corrected chi connectivity index (χ2v) is 5.93. The smallest absolute Gasteiger partial charge is 0.239 e. The SMILES string of the molecule is CCCCC(CC)CNC(C)C(=O)N1CCCCC1. The molecule has 2 unspecified atom stereocenters. The fraction of sp³-hybridized carbons (Fsp3) is 0.938. The highest BCUT2D eigenvalue weighted by Crippen LogP contribution is 2.13. The number of hydrogen-bond acceptors (Lipinski definition) is 2. The van der Waals surface area contributed by atoms with Gasteiger partial charge >= 0.3 is 0 Å². The van der Waals surface area contributed by atoms with Crippen LogP contribution in [-0.2, 0) is 4.79 Å². The molecule has 0 saturated carbocycles. The van der Waals surface area contributed by atoms with Crippen molar-refractivity contribution in [1.29, 1.82) is 0 Å². The molecule has 0 aliphatic carbocycles. The van der Waals surface area contributed by atoms with Crippen LogP contribution in [0.3, 0.4) is 0 Å². The van der Waals surface area contributed by atoms with Gasteiger partial charge < -0.3 is 10.2 Å². The third kappa shape index (κ3) is 5.94. The molecule has 0 bridgehead atoms. The molecule has 1 amide bonds. The van der Waals surface area contributed by atoms with Gasteiger partial charge in [0, 0.05) is 13.1 Å². The lowest BCUT2D eigenvalue weighted by molar-refractivity contribution is -0.133. The van der Waals surface area contributed by atoms with E-state index >= 15 is 0 Å². The van der Waals surface area contributed by atoms with Crippen LogP contribution in [0.15, 0.2) is 0 Å². The molecule has 0 spiro atoms. The number of rotatable bonds is 8. The minimum atomic E-state index is -0.0197. The van der Waals surface area contributed by atoms with E-state index in [1.54, 1.807) is 0 Å². The fourth-order valence-electron chi connectivity index (χ4n) is 2.76. The number of likely N-dealkylation sites (tertiary alicyclic amines) is 1. The topological polar surface area (TPSA) is 32.3 Å². The number of carbonyl (C=O) groups is 1. The maximum Gasteiger partial charge on any atom is 0.239 e. The van der Waals surface area contributed by atoms with E-state index in [0.29, 0.717) is 5.91 Å². The molecule has 0 aromatic carbocycles. The van der Waals surface area contributed by atoms with Crippen LogP contribution < -0.4 is 5.32 Å². The van der Waals surface area contributed by atoms with Gasteiger partial charge in [0.25, 0.3) is 0 Å². The van der Waals surface area contributed by atoms with Crippen molar-refractivity contribution in [2.75, 3.05) is 19.6 Å². The largest absolute Gasteiger partial charge is 0.341 e. The number of nitrogens with zero attached hydrogens (tertiary/aromatic N) is 1. The third-order valence-electron chi connectivity index (χ3n) is 4.29. The molecule has 1 saturated heterocycles. The second-order valence-electron chi connectivity index (χ2n) is 5.93. The van der Waals surface area contributed by atoms with Gasteiger partial charge in [-0.05, 0) is 45.1 Å². The van der Waals surface area contributed by atoms with Crippen LogP contribution in [0, 0.1) is 5.92 Å². The Bertz CT molecular complexity index is 249. The van der Waals surface area contributed by atoms with Gasteiger partial charge in [-0.1, -0.05) is 33.1 Å². The van der Waals surface area contributed by atoms with Crippen molar-refractivity contribution in [2.24, 2.45) is 5.92 Å². The molecule has 1 N–H and O–H groups in total. The summed E-state index contributed by atoms with van der Waals surface area (Å²) in [6.45, 7) is 9.40. The van der Waals surface area contributed by atoms with Crippen molar-refractivity contribution in [1.82, 2.24) is 10.2 Å². The molecular formula is C16H32N2O. The van der Waals surface area contributed by atoms with Crippen molar-refractivity contribution >= 4 is 5.91 Å². The summed E-state index contributed by atoms with van der Waals surface area (Å²) in [6.07, 6.45) is 8.68. The maximum atomic E-state index is 12.3. The Balaban J connectivity index is 2.28. The molecule has 19 heavy (non-hydrogen) atoms. The summed E-state index contributed by atoms with van der Waals surface area (Å²) in [5.41, 5.74) is 0. The number of carbonyl (C=O) groups excluding carboxylic acids is 1. The number of unbranched alkanes of at least 4 members (excludes halogenated alkanes) is 1. The Hall–Kier alpha value is -0.570. The van der Waals surface area contributed by atoms with Crippen molar-refractivity contribution in [3.05, 3.63) is 0 Å². The molecule has 0 radical (unpaired) electrons. The number of amides is 1. The van der Waals surface area contributed by atoms with Gasteiger partial charge in [-0.25, -0.2) is 0 Å². The zero-order valence-corrected chi connectivity index (χ0v) is 13.1. The predicted octanol–water partition coefficient (Wildman–Crippen LogP) is 3.19. The molecule has 1 heterocycles. The number of piperidine rings is 1. The van der Waals surface area contributed by atoms with E-state index in [2.05, 4.69) is 19.2 Å². The summed E-state index contributed by atoms with van der Waals surface area (Å²) >= 11 is 0. The van der Waals surface area contributed by atoms with Crippen molar-refractivity contribution in [3.63, 3.8) is 0 Å². The average Bonchev–Trinajstić information content (AvgIpc) is 2.47. The summed E-state index contributed by atoms with van der Waals surface area (Å²) < 4.78 is 0. The standard InChI is InChI=1S/C16H32N2O/c1-4-6-10-15(5-2)13-17-14(3)16(19)18-11-8-7-9-12-18/h14-15,17H,4-13H2,1-3H3. The van der Waals surface area contributed by atoms with E-state index < -0.39 is 0 Å². The highest BCUT2D eigenvalue weighted by molar-refractivity contribution is 5.81. The zero-order valence-electron chi connectivity index (χ0n) is 13.1. The van der Waals surface area contributed by atoms with Crippen molar-refractivity contribution < 1.29 is 4.79 Å². The summed E-state index contributed by atoms with van der Waals surface area (Å²) in [7, 11) is 0. The first kappa shape index (κ1) is 16.5. The van der Waals surface area contributed by atoms with Gasteiger partial charge in [-0.3, -0.25) is 4.79 Å². The minimum absolute atomic E-state index is 0.0197. The molecule has 1 aliphatic rings. The minimum Gasteiger partial charge on any atom is -0.341 e. The third-order valence-corrected chi connectivity index (χ3v) is 4.29. The monoisotopic (exact) mass is 268 g/mol. The average molecular weight is 268 g/mol. The molecule has 3 heteroatoms. The molecule has 2 atom stereocenters. The maximum absolute atomic E-state index is 12.3. The van der Waals surface area contributed by atoms with Gasteiger partial charge in [0.1, 0.15) is 0 Å². The van der Waals surface area contributed by atoms with Crippen molar-refractivity contribution in [3.8, 4) is 0 Å². The second kappa shape index (κ2) is 9.35. The fourth-order valence-corrected chi connectivity index (χ4v) is 2.76. The van der Waals surface area contributed by atoms with Gasteiger partial charge in [0.2, 0.25) is 5.91 Å². The summed E-state index contributed by atoms with van der Waals surface area (Å²) in [4.78, 5) is 14.3. The van der Waals surface area contributed by atoms with Gasteiger partial charge in [-0.2, -0.15) is 0 Å². The molecular weight excluding hydrogens is 236 g/mol. The molecule has 3 nitrogen and oxygen atoms in total. The summed E-state index contributed by atoms with van der Waals surface area (Å²) in [5.74, 6) is 1.02. The van der Waals surface area contributed by atoms with E-state index in [1.165, 1.54) is 44.9 Å². The van der Waals surface area contributed by atoms with Gasteiger partial charge in [-0.15, -0.1) is 0 Å². The van der Waals surface area contributed by atoms with Gasteiger partial charge in [0.15, 0.2) is 0 Å². The van der Waals surface area contributed by atoms with Crippen LogP contribution in [0.5, 0.6) is 0 Å². The first-order valence-electron chi connectivity index (χ1n) is 8.21. The summed E-state index contributed by atoms with van der Waals surface area (Å²) in [6, 6.07) is -0.0197. The van der Waals surface area contributed by atoms with E-state index in [0.717, 1.165) is 25.6 Å². The normalized spacial score (nSPS) is 19.2. The van der Waals surface area contributed by atoms with E-state index in [4.69, 9.17) is 0 Å². The lowest BCUT2D eigenvalue weighted by atomic mass is 9.99. The molecule has 0 aromatic rings. The van der Waals surface area contributed by atoms with E-state index in [9.17, 15) is 4.79 Å². The first-order valence-corrected chi connectivity index (χ1v) is 8.21. The van der Waals surface area contributed by atoms with E-state index in [-0.39, 0.29) is 6.04 Å². The van der Waals surface area contributed by atoms with Crippen LogP contribution in [0.4, 0.5) is 0 Å². The van der Waals surface area contributed by atoms with E-state index in [1.807, 2.05) is 11.8 Å². The first-order chi connectivity index (χ1) is 9.19. The number of hydrogen-bond donors (Lipinski definition) is 1. The van der Waals surface area contributed by atoms with Crippen LogP contribution in [0.1, 0.15) is 65.7 Å². The molecule has 1 aliphatic heterocycles. The lowest BCUT2D eigenvalue weighted by Gasteiger charge is -2.30. The molecule has 0 aromatic heterocycles. The van der Waals surface area contributed by atoms with Crippen LogP contribution >= 0.6 is 0 Å². The highest BCUT2D eigenvalue weighted by Gasteiger charge is 2.22. The van der Waals surface area contributed by atoms with Crippen LogP contribution in [-0.4, -0.2) is 36.5 Å². The van der Waals surface area contributed by atoms with Gasteiger partial charge in [0.05, 0.1) is 6.04 Å². The predicted molar refractivity (Wildman–Crippen MR) is 81.2 cm³/mol. The Kier molecular flexibility index (Phi) is 8.11. The van der Waals surface area contributed by atoms with Crippen molar-refractivity contribution in [2.45, 2.75) is 71.8 Å². The van der Waals surface area contributed by atoms with Crippen LogP contribution in [0.2, 0.25) is 0 Å². The quantitative estimate of drug-likeness (QED) is 0.733. The highest BCUT2D eigenvalue weighted by atomic mass is 16.2. The lowest BCUT2D eigenvalue weighted by Crippen LogP contribution is -2.47. The summed E-state index contributed by atoms with van der Waals surface area (Å²) in [5, 5.41) is 3.45. The Labute approximate surface area is 119 Å². The zero-order chi connectivity index (χ0) is 14.1. The molecule has 112 valence electrons. The van der Waals surface area contributed by atoms with Crippen LogP contribution in [0.25, 0.3) is 0 Å². The number of nitrogens with one attached hydrogen (secondary N) is 1. The Morgan fingerprint density at radius 3 is 2.47 bits per heavy atom. The Morgan fingerprint density at radius 2 is 1.89 bits per heavy atom. The molecule has 1 fully saturated rings.